The molecule has 0 spiro atoms. The van der Waals surface area contributed by atoms with E-state index in [-0.39, 0.29) is 0 Å². The van der Waals surface area contributed by atoms with E-state index in [1.54, 1.807) is 45.0 Å². The lowest BCUT2D eigenvalue weighted by atomic mass is 10.1. The van der Waals surface area contributed by atoms with Gasteiger partial charge in [0.1, 0.15) is 18.0 Å². The maximum absolute atomic E-state index is 11.8. The molecular formula is C19H30N2O5. The summed E-state index contributed by atoms with van der Waals surface area (Å²) in [4.78, 5) is 25.6. The van der Waals surface area contributed by atoms with Crippen molar-refractivity contribution in [3.63, 3.8) is 0 Å². The van der Waals surface area contributed by atoms with Gasteiger partial charge in [-0.3, -0.25) is 0 Å². The van der Waals surface area contributed by atoms with Crippen LogP contribution in [0.3, 0.4) is 0 Å². The van der Waals surface area contributed by atoms with Gasteiger partial charge in [0.05, 0.1) is 0 Å². The van der Waals surface area contributed by atoms with E-state index in [1.807, 2.05) is 0 Å². The summed E-state index contributed by atoms with van der Waals surface area (Å²) in [6.45, 7) is 12.7. The molecule has 1 atom stereocenters. The smallest absolute Gasteiger partial charge is 0.408 e. The largest absolute Gasteiger partial charge is 0.492 e. The summed E-state index contributed by atoms with van der Waals surface area (Å²) < 4.78 is 10.8. The normalized spacial score (nSPS) is 12.5. The van der Waals surface area contributed by atoms with Gasteiger partial charge in [0.15, 0.2) is 6.04 Å². The Kier molecular flexibility index (Phi) is 8.38. The Hall–Kier alpha value is -2.28. The second-order valence-electron chi connectivity index (χ2n) is 6.86. The zero-order valence-corrected chi connectivity index (χ0v) is 16.2. The van der Waals surface area contributed by atoms with E-state index in [9.17, 15) is 14.7 Å². The molecule has 0 saturated carbocycles. The molecule has 2 N–H and O–H groups in total. The van der Waals surface area contributed by atoms with Crippen molar-refractivity contribution in [3.05, 3.63) is 29.8 Å². The quantitative estimate of drug-likeness (QED) is 0.698. The molecule has 7 heteroatoms. The van der Waals surface area contributed by atoms with Gasteiger partial charge in [-0.15, -0.1) is 0 Å². The molecule has 1 unspecified atom stereocenters. The summed E-state index contributed by atoms with van der Waals surface area (Å²) in [5, 5.41) is 11.8. The van der Waals surface area contributed by atoms with Crippen LogP contribution in [0.2, 0.25) is 0 Å². The van der Waals surface area contributed by atoms with E-state index in [4.69, 9.17) is 9.47 Å². The van der Waals surface area contributed by atoms with Gasteiger partial charge in [-0.2, -0.15) is 0 Å². The molecule has 26 heavy (non-hydrogen) atoms. The first-order valence-electron chi connectivity index (χ1n) is 8.83. The summed E-state index contributed by atoms with van der Waals surface area (Å²) >= 11 is 0. The SMILES string of the molecule is CCN(CC)CCOc1ccc(C(NC(=O)OC(C)(C)C)C(=O)O)cc1. The number of hydrogen-bond acceptors (Lipinski definition) is 5. The van der Waals surface area contributed by atoms with E-state index < -0.39 is 23.7 Å². The molecule has 0 saturated heterocycles. The molecule has 0 radical (unpaired) electrons. The maximum Gasteiger partial charge on any atom is 0.408 e. The average molecular weight is 366 g/mol. The van der Waals surface area contributed by atoms with Gasteiger partial charge in [0, 0.05) is 6.54 Å². The molecule has 146 valence electrons. The monoisotopic (exact) mass is 366 g/mol. The number of aliphatic carboxylic acids is 1. The molecule has 7 nitrogen and oxygen atoms in total. The summed E-state index contributed by atoms with van der Waals surface area (Å²) in [6.07, 6.45) is -0.774. The van der Waals surface area contributed by atoms with Crippen molar-refractivity contribution in [2.75, 3.05) is 26.2 Å². The Labute approximate surface area is 155 Å². The van der Waals surface area contributed by atoms with Crippen LogP contribution >= 0.6 is 0 Å². The van der Waals surface area contributed by atoms with Crippen LogP contribution in [0.5, 0.6) is 5.75 Å². The number of ether oxygens (including phenoxy) is 2. The van der Waals surface area contributed by atoms with E-state index in [2.05, 4.69) is 24.1 Å². The summed E-state index contributed by atoms with van der Waals surface area (Å²) in [5.74, 6) is -0.506. The van der Waals surface area contributed by atoms with Crippen LogP contribution in [0.25, 0.3) is 0 Å². The standard InChI is InChI=1S/C19H30N2O5/c1-6-21(7-2)12-13-25-15-10-8-14(9-11-15)16(17(22)23)20-18(24)26-19(3,4)5/h8-11,16H,6-7,12-13H2,1-5H3,(H,20,24)(H,22,23). The number of alkyl carbamates (subject to hydrolysis) is 1. The molecule has 1 rings (SSSR count). The van der Waals surface area contributed by atoms with Gasteiger partial charge in [0.2, 0.25) is 0 Å². The highest BCUT2D eigenvalue weighted by molar-refractivity contribution is 5.81. The van der Waals surface area contributed by atoms with Crippen LogP contribution in [-0.4, -0.2) is 53.9 Å². The van der Waals surface area contributed by atoms with Crippen molar-refractivity contribution in [3.8, 4) is 5.75 Å². The summed E-state index contributed by atoms with van der Waals surface area (Å²) in [5.41, 5.74) is -0.255. The molecule has 0 aromatic heterocycles. The van der Waals surface area contributed by atoms with Crippen LogP contribution < -0.4 is 10.1 Å². The molecule has 1 amide bonds. The van der Waals surface area contributed by atoms with E-state index >= 15 is 0 Å². The minimum absolute atomic E-state index is 0.444. The minimum Gasteiger partial charge on any atom is -0.492 e. The Morgan fingerprint density at radius 1 is 1.15 bits per heavy atom. The van der Waals surface area contributed by atoms with Gasteiger partial charge < -0.3 is 24.8 Å². The number of carboxylic acid groups (broad SMARTS) is 1. The molecule has 0 aliphatic carbocycles. The van der Waals surface area contributed by atoms with Crippen molar-refractivity contribution >= 4 is 12.1 Å². The minimum atomic E-state index is -1.19. The number of carbonyl (C=O) groups excluding carboxylic acids is 1. The number of carboxylic acids is 1. The third kappa shape index (κ3) is 7.74. The van der Waals surface area contributed by atoms with Crippen molar-refractivity contribution in [1.29, 1.82) is 0 Å². The van der Waals surface area contributed by atoms with Gasteiger partial charge in [-0.05, 0) is 51.6 Å². The van der Waals surface area contributed by atoms with Crippen molar-refractivity contribution in [2.45, 2.75) is 46.3 Å². The fourth-order valence-corrected chi connectivity index (χ4v) is 2.30. The zero-order valence-electron chi connectivity index (χ0n) is 16.2. The number of benzene rings is 1. The number of nitrogens with one attached hydrogen (secondary N) is 1. The molecule has 0 bridgehead atoms. The van der Waals surface area contributed by atoms with Gasteiger partial charge in [-0.1, -0.05) is 26.0 Å². The fraction of sp³-hybridized carbons (Fsp3) is 0.579. The van der Waals surface area contributed by atoms with E-state index in [0.29, 0.717) is 17.9 Å². The Morgan fingerprint density at radius 2 is 1.73 bits per heavy atom. The van der Waals surface area contributed by atoms with Crippen molar-refractivity contribution in [2.24, 2.45) is 0 Å². The number of hydrogen-bond donors (Lipinski definition) is 2. The molecule has 0 heterocycles. The Balaban J connectivity index is 2.67. The van der Waals surface area contributed by atoms with Gasteiger partial charge >= 0.3 is 12.1 Å². The number of rotatable bonds is 9. The topological polar surface area (TPSA) is 88.1 Å². The lowest BCUT2D eigenvalue weighted by Crippen LogP contribution is -2.38. The van der Waals surface area contributed by atoms with Crippen molar-refractivity contribution < 1.29 is 24.2 Å². The predicted molar refractivity (Wildman–Crippen MR) is 99.5 cm³/mol. The van der Waals surface area contributed by atoms with Crippen LogP contribution in [-0.2, 0) is 9.53 Å². The van der Waals surface area contributed by atoms with Crippen LogP contribution in [0.1, 0.15) is 46.2 Å². The first-order chi connectivity index (χ1) is 12.2. The van der Waals surface area contributed by atoms with Crippen molar-refractivity contribution in [1.82, 2.24) is 10.2 Å². The molecular weight excluding hydrogens is 336 g/mol. The Bertz CT molecular complexity index is 577. The van der Waals surface area contributed by atoms with Gasteiger partial charge in [-0.25, -0.2) is 9.59 Å². The molecule has 0 aliphatic heterocycles. The number of carbonyl (C=O) groups is 2. The highest BCUT2D eigenvalue weighted by atomic mass is 16.6. The molecule has 0 fully saturated rings. The average Bonchev–Trinajstić information content (AvgIpc) is 2.55. The second kappa shape index (κ2) is 10.0. The van der Waals surface area contributed by atoms with E-state index in [0.717, 1.165) is 19.6 Å². The first-order valence-corrected chi connectivity index (χ1v) is 8.83. The molecule has 1 aromatic rings. The molecule has 0 aliphatic rings. The summed E-state index contributed by atoms with van der Waals surface area (Å²) in [6, 6.07) is 5.47. The highest BCUT2D eigenvalue weighted by Gasteiger charge is 2.25. The number of nitrogens with zero attached hydrogens (tertiary/aromatic N) is 1. The Morgan fingerprint density at radius 3 is 2.19 bits per heavy atom. The van der Waals surface area contributed by atoms with Crippen LogP contribution in [0.15, 0.2) is 24.3 Å². The lowest BCUT2D eigenvalue weighted by molar-refractivity contribution is -0.139. The van der Waals surface area contributed by atoms with E-state index in [1.165, 1.54) is 0 Å². The van der Waals surface area contributed by atoms with Crippen LogP contribution in [0, 0.1) is 0 Å². The maximum atomic E-state index is 11.8. The number of amides is 1. The highest BCUT2D eigenvalue weighted by Crippen LogP contribution is 2.19. The lowest BCUT2D eigenvalue weighted by Gasteiger charge is -2.22. The zero-order chi connectivity index (χ0) is 19.7. The second-order valence-corrected chi connectivity index (χ2v) is 6.86. The summed E-state index contributed by atoms with van der Waals surface area (Å²) in [7, 11) is 0. The van der Waals surface area contributed by atoms with Gasteiger partial charge in [0.25, 0.3) is 0 Å². The third-order valence-electron chi connectivity index (χ3n) is 3.69. The fourth-order valence-electron chi connectivity index (χ4n) is 2.30. The molecule has 1 aromatic carbocycles. The van der Waals surface area contributed by atoms with Crippen LogP contribution in [0.4, 0.5) is 4.79 Å². The third-order valence-corrected chi connectivity index (χ3v) is 3.69. The first kappa shape index (κ1) is 21.8. The number of likely N-dealkylation sites (N-methyl/N-ethyl adjacent to an activating group) is 1. The predicted octanol–water partition coefficient (Wildman–Crippen LogP) is 3.06.